The van der Waals surface area contributed by atoms with Crippen LogP contribution in [0.4, 0.5) is 22.0 Å². The molecule has 8 rings (SSSR count). The van der Waals surface area contributed by atoms with Crippen LogP contribution in [0.25, 0.3) is 44.1 Å². The normalized spacial score (nSPS) is 13.9. The number of carbonyl (C=O) groups excluding carboxylic acids is 2. The van der Waals surface area contributed by atoms with Crippen LogP contribution in [0.2, 0.25) is 5.02 Å². The Morgan fingerprint density at radius 1 is 0.583 bits per heavy atom. The van der Waals surface area contributed by atoms with Crippen molar-refractivity contribution in [1.82, 2.24) is 19.8 Å². The number of halogens is 6. The van der Waals surface area contributed by atoms with Crippen LogP contribution in [0.3, 0.4) is 0 Å². The highest BCUT2D eigenvalue weighted by molar-refractivity contribution is 6.30. The number of carbonyl (C=O) groups is 2. The third kappa shape index (κ3) is 5.09. The van der Waals surface area contributed by atoms with E-state index in [1.54, 1.807) is 24.5 Å². The van der Waals surface area contributed by atoms with Gasteiger partial charge in [0, 0.05) is 70.3 Å². The largest absolute Gasteiger partial charge is 0.349 e. The van der Waals surface area contributed by atoms with E-state index in [-0.39, 0.29) is 28.0 Å². The molecule has 12 heteroatoms. The average Bonchev–Trinajstić information content (AvgIpc) is 3.49. The summed E-state index contributed by atoms with van der Waals surface area (Å²) in [5.74, 6) is -3.43. The van der Waals surface area contributed by atoms with Crippen molar-refractivity contribution < 1.29 is 31.5 Å². The molecule has 2 aliphatic heterocycles. The summed E-state index contributed by atoms with van der Waals surface area (Å²) in [7, 11) is 0. The van der Waals surface area contributed by atoms with Crippen LogP contribution in [0.1, 0.15) is 32.1 Å². The Labute approximate surface area is 275 Å². The lowest BCUT2D eigenvalue weighted by atomic mass is 10.0. The maximum absolute atomic E-state index is 14.4. The summed E-state index contributed by atoms with van der Waals surface area (Å²) in [5, 5.41) is 6.99. The summed E-state index contributed by atoms with van der Waals surface area (Å²) in [6.07, 6.45) is 0. The summed E-state index contributed by atoms with van der Waals surface area (Å²) in [5.41, 5.74) is 4.63. The van der Waals surface area contributed by atoms with Crippen LogP contribution in [0.15, 0.2) is 60.7 Å². The molecule has 244 valence electrons. The number of nitrogens with zero attached hydrogens (tertiary/aromatic N) is 2. The minimum absolute atomic E-state index is 0.104. The topological polar surface area (TPSA) is 68.1 Å². The molecule has 0 saturated carbocycles. The number of amides is 2. The molecule has 2 N–H and O–H groups in total. The molecule has 0 atom stereocenters. The van der Waals surface area contributed by atoms with Crippen molar-refractivity contribution in [2.75, 3.05) is 13.1 Å². The van der Waals surface area contributed by atoms with E-state index in [0.717, 1.165) is 12.1 Å². The predicted molar refractivity (Wildman–Crippen MR) is 174 cm³/mol. The minimum Gasteiger partial charge on any atom is -0.349 e. The van der Waals surface area contributed by atoms with Crippen LogP contribution in [0, 0.1) is 42.9 Å². The molecule has 0 radical (unpaired) electrons. The SMILES string of the molecule is Cc1c2n(c3c(-c4ccc(Cl)cc4F)cc(F)cc13)CCNC2=O.Cc1c2n(c3c(-c4ccc(F)cc4F)cc(F)cc13)CCNC2=O. The number of nitrogens with one attached hydrogen (secondary N) is 2. The van der Waals surface area contributed by atoms with Gasteiger partial charge in [-0.05, 0) is 79.6 Å². The van der Waals surface area contributed by atoms with E-state index in [0.29, 0.717) is 81.6 Å². The van der Waals surface area contributed by atoms with Gasteiger partial charge in [-0.1, -0.05) is 11.6 Å². The van der Waals surface area contributed by atoms with Gasteiger partial charge in [-0.2, -0.15) is 0 Å². The Kier molecular flexibility index (Phi) is 7.74. The van der Waals surface area contributed by atoms with Crippen LogP contribution < -0.4 is 10.6 Å². The number of hydrogen-bond donors (Lipinski definition) is 2. The lowest BCUT2D eigenvalue weighted by Crippen LogP contribution is -2.35. The highest BCUT2D eigenvalue weighted by Gasteiger charge is 2.28. The van der Waals surface area contributed by atoms with Gasteiger partial charge in [-0.3, -0.25) is 9.59 Å². The van der Waals surface area contributed by atoms with Crippen LogP contribution in [-0.4, -0.2) is 34.0 Å². The molecule has 6 aromatic rings. The number of rotatable bonds is 2. The second kappa shape index (κ2) is 11.8. The first-order chi connectivity index (χ1) is 22.9. The highest BCUT2D eigenvalue weighted by atomic mass is 35.5. The predicted octanol–water partition coefficient (Wildman–Crippen LogP) is 8.07. The zero-order valence-corrected chi connectivity index (χ0v) is 26.3. The molecule has 2 amide bonds. The van der Waals surface area contributed by atoms with Gasteiger partial charge in [0.25, 0.3) is 11.8 Å². The van der Waals surface area contributed by atoms with E-state index in [1.165, 1.54) is 42.5 Å². The summed E-state index contributed by atoms with van der Waals surface area (Å²) in [6.45, 7) is 5.50. The van der Waals surface area contributed by atoms with Crippen molar-refractivity contribution in [2.45, 2.75) is 26.9 Å². The molecule has 0 aliphatic carbocycles. The molecule has 0 fully saturated rings. The number of hydrogen-bond acceptors (Lipinski definition) is 2. The zero-order chi connectivity index (χ0) is 34.0. The molecule has 48 heavy (non-hydrogen) atoms. The third-order valence-electron chi connectivity index (χ3n) is 8.86. The summed E-state index contributed by atoms with van der Waals surface area (Å²) < 4.78 is 73.8. The van der Waals surface area contributed by atoms with Gasteiger partial charge in [0.1, 0.15) is 40.5 Å². The number of aromatic nitrogens is 2. The highest BCUT2D eigenvalue weighted by Crippen LogP contribution is 2.39. The molecule has 4 aromatic carbocycles. The molecule has 6 nitrogen and oxygen atoms in total. The van der Waals surface area contributed by atoms with E-state index >= 15 is 0 Å². The smallest absolute Gasteiger partial charge is 0.268 e. The van der Waals surface area contributed by atoms with Crippen LogP contribution >= 0.6 is 11.6 Å². The van der Waals surface area contributed by atoms with Gasteiger partial charge >= 0.3 is 0 Å². The van der Waals surface area contributed by atoms with E-state index in [1.807, 2.05) is 4.57 Å². The molecule has 0 saturated heterocycles. The Hall–Kier alpha value is -5.16. The molecule has 2 aliphatic rings. The van der Waals surface area contributed by atoms with Gasteiger partial charge < -0.3 is 19.8 Å². The second-order valence-electron chi connectivity index (χ2n) is 11.7. The molecule has 0 bridgehead atoms. The number of aryl methyl sites for hydroxylation is 2. The van der Waals surface area contributed by atoms with Crippen molar-refractivity contribution in [3.8, 4) is 22.3 Å². The third-order valence-corrected chi connectivity index (χ3v) is 9.10. The molecule has 2 aromatic heterocycles. The van der Waals surface area contributed by atoms with E-state index in [4.69, 9.17) is 11.6 Å². The first kappa shape index (κ1) is 31.4. The Morgan fingerprint density at radius 3 is 1.50 bits per heavy atom. The lowest BCUT2D eigenvalue weighted by Gasteiger charge is -2.18. The Bertz CT molecular complexity index is 2180. The average molecular weight is 677 g/mol. The standard InChI is InChI=1S/C18H13ClF2N2O.C18H13F3N2O/c1-9-13-7-11(20)8-14(12-3-2-10(19)6-15(12)21)17(13)23-5-4-22-18(24)16(9)23;1-9-13-6-11(20)7-14(12-3-2-10(19)8-15(12)21)17(13)23-5-4-22-18(24)16(9)23/h2*2-3,6-8H,4-5H2,1H3,(H,22,24). The molecular weight excluding hydrogens is 651 g/mol. The maximum Gasteiger partial charge on any atom is 0.268 e. The fraction of sp³-hybridized carbons (Fsp3) is 0.167. The quantitative estimate of drug-likeness (QED) is 0.182. The van der Waals surface area contributed by atoms with Crippen molar-refractivity contribution in [3.63, 3.8) is 0 Å². The van der Waals surface area contributed by atoms with Gasteiger partial charge in [0.15, 0.2) is 0 Å². The second-order valence-corrected chi connectivity index (χ2v) is 12.1. The lowest BCUT2D eigenvalue weighted by molar-refractivity contribution is 0.0920. The van der Waals surface area contributed by atoms with Crippen molar-refractivity contribution >= 4 is 45.2 Å². The first-order valence-corrected chi connectivity index (χ1v) is 15.4. The van der Waals surface area contributed by atoms with Gasteiger partial charge in [-0.15, -0.1) is 0 Å². The summed E-state index contributed by atoms with van der Waals surface area (Å²) >= 11 is 5.82. The maximum atomic E-state index is 14.4. The van der Waals surface area contributed by atoms with Crippen molar-refractivity contribution in [2.24, 2.45) is 0 Å². The van der Waals surface area contributed by atoms with Crippen molar-refractivity contribution in [3.05, 3.63) is 117 Å². The van der Waals surface area contributed by atoms with E-state index < -0.39 is 29.1 Å². The summed E-state index contributed by atoms with van der Waals surface area (Å²) in [6, 6.07) is 12.7. The number of benzene rings is 4. The molecule has 0 spiro atoms. The molecule has 0 unspecified atom stereocenters. The van der Waals surface area contributed by atoms with Gasteiger partial charge in [0.2, 0.25) is 0 Å². The minimum atomic E-state index is -0.768. The van der Waals surface area contributed by atoms with Crippen LogP contribution in [-0.2, 0) is 13.1 Å². The van der Waals surface area contributed by atoms with Gasteiger partial charge in [0.05, 0.1) is 11.0 Å². The summed E-state index contributed by atoms with van der Waals surface area (Å²) in [4.78, 5) is 24.4. The molecular formula is C36H26ClF5N4O2. The van der Waals surface area contributed by atoms with Crippen LogP contribution in [0.5, 0.6) is 0 Å². The van der Waals surface area contributed by atoms with Crippen molar-refractivity contribution in [1.29, 1.82) is 0 Å². The fourth-order valence-corrected chi connectivity index (χ4v) is 6.98. The van der Waals surface area contributed by atoms with Gasteiger partial charge in [-0.25, -0.2) is 22.0 Å². The van der Waals surface area contributed by atoms with E-state index in [9.17, 15) is 31.5 Å². The Morgan fingerprint density at radius 2 is 1.04 bits per heavy atom. The number of fused-ring (bicyclic) bond motifs is 6. The zero-order valence-electron chi connectivity index (χ0n) is 25.6. The molecule has 4 heterocycles. The Balaban J connectivity index is 0.000000152. The monoisotopic (exact) mass is 676 g/mol. The fourth-order valence-electron chi connectivity index (χ4n) is 6.82. The first-order valence-electron chi connectivity index (χ1n) is 15.1. The van der Waals surface area contributed by atoms with E-state index in [2.05, 4.69) is 10.6 Å².